The summed E-state index contributed by atoms with van der Waals surface area (Å²) in [5.41, 5.74) is 2.26. The van der Waals surface area contributed by atoms with Gasteiger partial charge in [-0.05, 0) is 34.6 Å². The molecule has 1 heterocycles. The van der Waals surface area contributed by atoms with E-state index >= 15 is 0 Å². The summed E-state index contributed by atoms with van der Waals surface area (Å²) in [5.74, 6) is 0.348. The van der Waals surface area contributed by atoms with Crippen molar-refractivity contribution in [3.63, 3.8) is 0 Å². The van der Waals surface area contributed by atoms with Crippen LogP contribution < -0.4 is 5.32 Å². The molecule has 1 aromatic carbocycles. The molecule has 0 saturated carbocycles. The van der Waals surface area contributed by atoms with Crippen LogP contribution in [-0.4, -0.2) is 23.1 Å². The largest absolute Gasteiger partial charge is 0.351 e. The highest BCUT2D eigenvalue weighted by molar-refractivity contribution is 7.80. The summed E-state index contributed by atoms with van der Waals surface area (Å²) < 4.78 is 0. The van der Waals surface area contributed by atoms with Crippen molar-refractivity contribution in [3.8, 4) is 0 Å². The highest BCUT2D eigenvalue weighted by Crippen LogP contribution is 2.15. The van der Waals surface area contributed by atoms with Crippen LogP contribution in [-0.2, 0) is 16.0 Å². The minimum absolute atomic E-state index is 0.0598. The smallest absolute Gasteiger partial charge is 0.225 e. The van der Waals surface area contributed by atoms with E-state index in [1.807, 2.05) is 29.6 Å². The monoisotopic (exact) mass is 385 g/mol. The van der Waals surface area contributed by atoms with Crippen LogP contribution in [0.4, 0.5) is 0 Å². The van der Waals surface area contributed by atoms with E-state index in [9.17, 15) is 9.59 Å². The third kappa shape index (κ3) is 7.02. The molecule has 0 saturated heterocycles. The standard InChI is InChI=1S/C21H23NO2S2/c1-15(2)17-8-5-16(6-9-17)7-10-18(23)12-19(25)14-22-21(24)13-20-4-3-11-26-20/h3-11,15H,12-14H2,1-2H3,(H,22,24)/b10-7+. The Labute approximate surface area is 164 Å². The Balaban J connectivity index is 1.74. The van der Waals surface area contributed by atoms with E-state index in [0.717, 1.165) is 10.4 Å². The van der Waals surface area contributed by atoms with Crippen LogP contribution in [0.15, 0.2) is 47.9 Å². The van der Waals surface area contributed by atoms with Crippen molar-refractivity contribution in [2.24, 2.45) is 0 Å². The molecule has 0 aliphatic rings. The van der Waals surface area contributed by atoms with Gasteiger partial charge in [0.2, 0.25) is 5.91 Å². The third-order valence-corrected chi connectivity index (χ3v) is 5.00. The second-order valence-corrected chi connectivity index (χ2v) is 7.98. The molecule has 1 N–H and O–H groups in total. The predicted molar refractivity (Wildman–Crippen MR) is 113 cm³/mol. The number of ketones is 1. The lowest BCUT2D eigenvalue weighted by Crippen LogP contribution is -2.30. The Hall–Kier alpha value is -2.11. The average molecular weight is 386 g/mol. The molecule has 26 heavy (non-hydrogen) atoms. The van der Waals surface area contributed by atoms with E-state index in [-0.39, 0.29) is 24.7 Å². The number of hydrogen-bond acceptors (Lipinski definition) is 4. The van der Waals surface area contributed by atoms with Gasteiger partial charge in [-0.2, -0.15) is 0 Å². The number of carbonyl (C=O) groups excluding carboxylic acids is 2. The average Bonchev–Trinajstić information content (AvgIpc) is 3.11. The maximum Gasteiger partial charge on any atom is 0.225 e. The number of amides is 1. The van der Waals surface area contributed by atoms with E-state index in [1.54, 1.807) is 23.5 Å². The highest BCUT2D eigenvalue weighted by Gasteiger charge is 2.07. The second-order valence-electron chi connectivity index (χ2n) is 6.37. The molecule has 3 nitrogen and oxygen atoms in total. The van der Waals surface area contributed by atoms with Crippen LogP contribution in [0.3, 0.4) is 0 Å². The fourth-order valence-corrected chi connectivity index (χ4v) is 3.25. The van der Waals surface area contributed by atoms with Crippen molar-refractivity contribution in [1.29, 1.82) is 0 Å². The lowest BCUT2D eigenvalue weighted by molar-refractivity contribution is -0.120. The zero-order valence-corrected chi connectivity index (χ0v) is 16.7. The van der Waals surface area contributed by atoms with E-state index in [4.69, 9.17) is 12.2 Å². The Morgan fingerprint density at radius 3 is 2.54 bits per heavy atom. The number of benzene rings is 1. The van der Waals surface area contributed by atoms with Gasteiger partial charge >= 0.3 is 0 Å². The van der Waals surface area contributed by atoms with Gasteiger partial charge in [0.25, 0.3) is 0 Å². The van der Waals surface area contributed by atoms with Crippen molar-refractivity contribution in [3.05, 3.63) is 63.9 Å². The van der Waals surface area contributed by atoms with Gasteiger partial charge in [-0.25, -0.2) is 0 Å². The molecule has 0 aliphatic carbocycles. The zero-order chi connectivity index (χ0) is 18.9. The number of nitrogens with one attached hydrogen (secondary N) is 1. The summed E-state index contributed by atoms with van der Waals surface area (Å²) in [6, 6.07) is 12.0. The van der Waals surface area contributed by atoms with Crippen LogP contribution in [0.2, 0.25) is 0 Å². The minimum Gasteiger partial charge on any atom is -0.351 e. The molecule has 1 amide bonds. The molecule has 0 fully saturated rings. The quantitative estimate of drug-likeness (QED) is 0.508. The second kappa shape index (κ2) is 10.1. The summed E-state index contributed by atoms with van der Waals surface area (Å²) >= 11 is 6.75. The Morgan fingerprint density at radius 2 is 1.92 bits per heavy atom. The lowest BCUT2D eigenvalue weighted by atomic mass is 10.0. The normalized spacial score (nSPS) is 11.0. The summed E-state index contributed by atoms with van der Waals surface area (Å²) in [6.07, 6.45) is 3.85. The summed E-state index contributed by atoms with van der Waals surface area (Å²) in [7, 11) is 0. The molecular formula is C21H23NO2S2. The van der Waals surface area contributed by atoms with Gasteiger partial charge in [0.05, 0.1) is 6.42 Å². The van der Waals surface area contributed by atoms with Crippen LogP contribution in [0.5, 0.6) is 0 Å². The van der Waals surface area contributed by atoms with Crippen molar-refractivity contribution in [1.82, 2.24) is 5.32 Å². The summed E-state index contributed by atoms with van der Waals surface area (Å²) in [5, 5.41) is 4.71. The Bertz CT molecular complexity index is 775. The molecule has 2 rings (SSSR count). The predicted octanol–water partition coefficient (Wildman–Crippen LogP) is 4.57. The summed E-state index contributed by atoms with van der Waals surface area (Å²) in [6.45, 7) is 4.55. The lowest BCUT2D eigenvalue weighted by Gasteiger charge is -2.05. The first-order chi connectivity index (χ1) is 12.4. The molecule has 0 spiro atoms. The first-order valence-electron chi connectivity index (χ1n) is 8.55. The SMILES string of the molecule is CC(C)c1ccc(/C=C/C(=O)CC(=S)CNC(=O)Cc2cccs2)cc1. The van der Waals surface area contributed by atoms with Gasteiger partial charge < -0.3 is 5.32 Å². The number of thiophene rings is 1. The van der Waals surface area contributed by atoms with Gasteiger partial charge in [0.15, 0.2) is 5.78 Å². The van der Waals surface area contributed by atoms with Gasteiger partial charge in [-0.1, -0.05) is 62.5 Å². The Morgan fingerprint density at radius 1 is 1.19 bits per heavy atom. The van der Waals surface area contributed by atoms with Crippen LogP contribution in [0, 0.1) is 0 Å². The number of allylic oxidation sites excluding steroid dienone is 1. The fraction of sp³-hybridized carbons (Fsp3) is 0.286. The molecule has 0 aliphatic heterocycles. The van der Waals surface area contributed by atoms with E-state index < -0.39 is 0 Å². The molecule has 0 bridgehead atoms. The van der Waals surface area contributed by atoms with E-state index in [2.05, 4.69) is 31.3 Å². The topological polar surface area (TPSA) is 46.2 Å². The maximum absolute atomic E-state index is 12.0. The van der Waals surface area contributed by atoms with E-state index in [0.29, 0.717) is 17.2 Å². The maximum atomic E-state index is 12.0. The molecule has 2 aromatic rings. The van der Waals surface area contributed by atoms with Gasteiger partial charge in [-0.3, -0.25) is 9.59 Å². The highest BCUT2D eigenvalue weighted by atomic mass is 32.1. The van der Waals surface area contributed by atoms with Gasteiger partial charge in [0, 0.05) is 22.7 Å². The Kier molecular flexibility index (Phi) is 7.88. The van der Waals surface area contributed by atoms with Crippen molar-refractivity contribution < 1.29 is 9.59 Å². The zero-order valence-electron chi connectivity index (χ0n) is 15.0. The number of thiocarbonyl (C=S) groups is 1. The third-order valence-electron chi connectivity index (χ3n) is 3.83. The van der Waals surface area contributed by atoms with Crippen LogP contribution in [0.25, 0.3) is 6.08 Å². The molecule has 136 valence electrons. The number of carbonyl (C=O) groups is 2. The number of rotatable bonds is 9. The van der Waals surface area contributed by atoms with Crippen molar-refractivity contribution in [2.75, 3.05) is 6.54 Å². The molecule has 5 heteroatoms. The van der Waals surface area contributed by atoms with Gasteiger partial charge in [-0.15, -0.1) is 11.3 Å². The van der Waals surface area contributed by atoms with Crippen molar-refractivity contribution >= 4 is 46.2 Å². The van der Waals surface area contributed by atoms with Crippen LogP contribution in [0.1, 0.15) is 42.2 Å². The minimum atomic E-state index is -0.0805. The fourth-order valence-electron chi connectivity index (χ4n) is 2.33. The first kappa shape index (κ1) is 20.2. The molecule has 1 aromatic heterocycles. The van der Waals surface area contributed by atoms with Gasteiger partial charge in [0.1, 0.15) is 0 Å². The number of hydrogen-bond donors (Lipinski definition) is 1. The molecule has 0 atom stereocenters. The van der Waals surface area contributed by atoms with Crippen molar-refractivity contribution in [2.45, 2.75) is 32.6 Å². The van der Waals surface area contributed by atoms with Crippen LogP contribution >= 0.6 is 23.6 Å². The first-order valence-corrected chi connectivity index (χ1v) is 9.84. The van der Waals surface area contributed by atoms with E-state index in [1.165, 1.54) is 5.56 Å². The summed E-state index contributed by atoms with van der Waals surface area (Å²) in [4.78, 5) is 25.4. The molecule has 0 radical (unpaired) electrons. The molecular weight excluding hydrogens is 362 g/mol. The molecule has 0 unspecified atom stereocenters.